The molecule has 0 unspecified atom stereocenters. The van der Waals surface area contributed by atoms with Crippen molar-refractivity contribution in [1.82, 2.24) is 15.6 Å². The Morgan fingerprint density at radius 1 is 1.18 bits per heavy atom. The van der Waals surface area contributed by atoms with E-state index in [1.165, 1.54) is 12.4 Å². The number of rotatable bonds is 12. The number of aliphatic hydroxyl groups excluding tert-OH is 2. The van der Waals surface area contributed by atoms with Crippen LogP contribution in [0.25, 0.3) is 0 Å². The minimum Gasteiger partial charge on any atom is -0.390 e. The SMILES string of the molecule is CC(C)C[C@H](NC(=O)c1csc(N(C)S(C)(=O)=O)n1)[C@@H](O)[C@H](O)CC(=O)NCc1ccccc1. The molecule has 0 aliphatic heterocycles. The third-order valence-electron chi connectivity index (χ3n) is 5.07. The minimum atomic E-state index is -3.53. The maximum absolute atomic E-state index is 12.7. The fourth-order valence-corrected chi connectivity index (χ4v) is 4.67. The first-order valence-electron chi connectivity index (χ1n) is 10.8. The van der Waals surface area contributed by atoms with Crippen LogP contribution in [0.2, 0.25) is 0 Å². The van der Waals surface area contributed by atoms with Gasteiger partial charge in [0.05, 0.1) is 24.8 Å². The number of amides is 2. The zero-order valence-electron chi connectivity index (χ0n) is 19.6. The van der Waals surface area contributed by atoms with E-state index >= 15 is 0 Å². The van der Waals surface area contributed by atoms with Crippen LogP contribution in [0.15, 0.2) is 35.7 Å². The van der Waals surface area contributed by atoms with Crippen molar-refractivity contribution in [2.45, 2.75) is 51.5 Å². The Morgan fingerprint density at radius 2 is 1.82 bits per heavy atom. The molecule has 0 fully saturated rings. The zero-order chi connectivity index (χ0) is 25.5. The number of aliphatic hydroxyl groups is 2. The highest BCUT2D eigenvalue weighted by atomic mass is 32.2. The molecule has 0 aliphatic carbocycles. The molecule has 0 saturated carbocycles. The predicted octanol–water partition coefficient (Wildman–Crippen LogP) is 1.11. The molecular weight excluding hydrogens is 480 g/mol. The van der Waals surface area contributed by atoms with E-state index in [1.54, 1.807) is 0 Å². The zero-order valence-corrected chi connectivity index (χ0v) is 21.3. The maximum Gasteiger partial charge on any atom is 0.271 e. The van der Waals surface area contributed by atoms with Crippen LogP contribution in [-0.2, 0) is 21.4 Å². The van der Waals surface area contributed by atoms with Crippen molar-refractivity contribution in [2.75, 3.05) is 17.6 Å². The summed E-state index contributed by atoms with van der Waals surface area (Å²) in [6.45, 7) is 4.09. The van der Waals surface area contributed by atoms with Crippen molar-refractivity contribution in [3.05, 3.63) is 47.0 Å². The molecule has 4 N–H and O–H groups in total. The van der Waals surface area contributed by atoms with Crippen LogP contribution in [0, 0.1) is 5.92 Å². The van der Waals surface area contributed by atoms with Gasteiger partial charge in [0.1, 0.15) is 11.8 Å². The number of nitrogens with one attached hydrogen (secondary N) is 2. The van der Waals surface area contributed by atoms with E-state index in [-0.39, 0.29) is 23.2 Å². The summed E-state index contributed by atoms with van der Waals surface area (Å²) >= 11 is 0.991. The van der Waals surface area contributed by atoms with Crippen LogP contribution in [-0.4, -0.2) is 67.0 Å². The van der Waals surface area contributed by atoms with Crippen LogP contribution < -0.4 is 14.9 Å². The lowest BCUT2D eigenvalue weighted by Crippen LogP contribution is -2.50. The summed E-state index contributed by atoms with van der Waals surface area (Å²) in [5.74, 6) is -0.978. The van der Waals surface area contributed by atoms with E-state index in [0.29, 0.717) is 13.0 Å². The first-order chi connectivity index (χ1) is 15.9. The highest BCUT2D eigenvalue weighted by Crippen LogP contribution is 2.22. The number of hydrogen-bond acceptors (Lipinski definition) is 8. The molecule has 2 amide bonds. The Hall–Kier alpha value is -2.54. The number of carbonyl (C=O) groups excluding carboxylic acids is 2. The van der Waals surface area contributed by atoms with Crippen molar-refractivity contribution in [1.29, 1.82) is 0 Å². The summed E-state index contributed by atoms with van der Waals surface area (Å²) in [4.78, 5) is 29.0. The van der Waals surface area contributed by atoms with Gasteiger partial charge in [-0.2, -0.15) is 0 Å². The van der Waals surface area contributed by atoms with E-state index in [0.717, 1.165) is 27.5 Å². The van der Waals surface area contributed by atoms with Gasteiger partial charge in [-0.05, 0) is 17.9 Å². The molecule has 0 spiro atoms. The van der Waals surface area contributed by atoms with Crippen molar-refractivity contribution in [3.8, 4) is 0 Å². The summed E-state index contributed by atoms with van der Waals surface area (Å²) in [5, 5.41) is 28.1. The largest absolute Gasteiger partial charge is 0.390 e. The molecule has 1 aromatic heterocycles. The van der Waals surface area contributed by atoms with Crippen LogP contribution in [0.3, 0.4) is 0 Å². The van der Waals surface area contributed by atoms with Crippen LogP contribution >= 0.6 is 11.3 Å². The summed E-state index contributed by atoms with van der Waals surface area (Å²) < 4.78 is 24.3. The van der Waals surface area contributed by atoms with Gasteiger partial charge in [0.15, 0.2) is 5.13 Å². The van der Waals surface area contributed by atoms with Gasteiger partial charge >= 0.3 is 0 Å². The number of nitrogens with zero attached hydrogens (tertiary/aromatic N) is 2. The summed E-state index contributed by atoms with van der Waals surface area (Å²) in [6, 6.07) is 8.44. The molecule has 0 saturated heterocycles. The molecule has 0 radical (unpaired) electrons. The molecule has 188 valence electrons. The molecule has 0 bridgehead atoms. The Bertz CT molecular complexity index is 1060. The molecule has 10 nitrogen and oxygen atoms in total. The van der Waals surface area contributed by atoms with Crippen molar-refractivity contribution in [3.63, 3.8) is 0 Å². The average molecular weight is 513 g/mol. The van der Waals surface area contributed by atoms with Gasteiger partial charge in [0, 0.05) is 19.0 Å². The van der Waals surface area contributed by atoms with E-state index in [1.807, 2.05) is 44.2 Å². The van der Waals surface area contributed by atoms with Gasteiger partial charge in [0.25, 0.3) is 5.91 Å². The Labute approximate surface area is 204 Å². The second-order valence-electron chi connectivity index (χ2n) is 8.48. The predicted molar refractivity (Wildman–Crippen MR) is 131 cm³/mol. The second-order valence-corrected chi connectivity index (χ2v) is 11.3. The van der Waals surface area contributed by atoms with E-state index in [2.05, 4.69) is 15.6 Å². The third kappa shape index (κ3) is 8.35. The first kappa shape index (κ1) is 27.7. The van der Waals surface area contributed by atoms with E-state index in [9.17, 15) is 28.2 Å². The third-order valence-corrected chi connectivity index (χ3v) is 7.27. The topological polar surface area (TPSA) is 149 Å². The van der Waals surface area contributed by atoms with Crippen molar-refractivity contribution in [2.24, 2.45) is 5.92 Å². The van der Waals surface area contributed by atoms with Crippen LogP contribution in [0.5, 0.6) is 0 Å². The molecule has 3 atom stereocenters. The fraction of sp³-hybridized carbons (Fsp3) is 0.500. The molecule has 34 heavy (non-hydrogen) atoms. The van der Waals surface area contributed by atoms with Crippen molar-refractivity contribution >= 4 is 38.3 Å². The number of hydrogen-bond donors (Lipinski definition) is 4. The van der Waals surface area contributed by atoms with Crippen molar-refractivity contribution < 1.29 is 28.2 Å². The Kier molecular flexibility index (Phi) is 9.98. The number of benzene rings is 1. The standard InChI is InChI=1S/C22H32N4O6S2/c1-14(2)10-16(24-21(30)17-13-33-22(25-17)26(3)34(4,31)32)20(29)18(27)11-19(28)23-12-15-8-6-5-7-9-15/h5-9,13-14,16,18,20,27,29H,10-12H2,1-4H3,(H,23,28)(H,24,30)/t16-,18+,20+/m0/s1. The maximum atomic E-state index is 12.7. The number of aromatic nitrogens is 1. The monoisotopic (exact) mass is 512 g/mol. The molecule has 1 heterocycles. The van der Waals surface area contributed by atoms with Crippen LogP contribution in [0.4, 0.5) is 5.13 Å². The molecule has 2 rings (SSSR count). The minimum absolute atomic E-state index is 0.00782. The summed E-state index contributed by atoms with van der Waals surface area (Å²) in [7, 11) is -2.19. The lowest BCUT2D eigenvalue weighted by Gasteiger charge is -2.28. The summed E-state index contributed by atoms with van der Waals surface area (Å²) in [6.07, 6.45) is -1.76. The number of carbonyl (C=O) groups is 2. The van der Waals surface area contributed by atoms with Gasteiger partial charge in [-0.3, -0.25) is 9.59 Å². The number of anilines is 1. The number of sulfonamides is 1. The second kappa shape index (κ2) is 12.2. The fourth-order valence-electron chi connectivity index (χ4n) is 3.14. The number of thiazole rings is 1. The van der Waals surface area contributed by atoms with E-state index < -0.39 is 40.1 Å². The van der Waals surface area contributed by atoms with Gasteiger partial charge in [-0.15, -0.1) is 11.3 Å². The average Bonchev–Trinajstić information content (AvgIpc) is 3.26. The highest BCUT2D eigenvalue weighted by Gasteiger charge is 2.31. The molecule has 0 aliphatic rings. The van der Waals surface area contributed by atoms with Gasteiger partial charge < -0.3 is 20.8 Å². The molecule has 2 aromatic rings. The Morgan fingerprint density at radius 3 is 2.41 bits per heavy atom. The molecule has 12 heteroatoms. The highest BCUT2D eigenvalue weighted by molar-refractivity contribution is 7.92. The molecule has 1 aromatic carbocycles. The van der Waals surface area contributed by atoms with Gasteiger partial charge in [0.2, 0.25) is 15.9 Å². The van der Waals surface area contributed by atoms with E-state index in [4.69, 9.17) is 0 Å². The van der Waals surface area contributed by atoms with Gasteiger partial charge in [-0.1, -0.05) is 44.2 Å². The smallest absolute Gasteiger partial charge is 0.271 e. The lowest BCUT2D eigenvalue weighted by atomic mass is 9.94. The lowest BCUT2D eigenvalue weighted by molar-refractivity contribution is -0.125. The summed E-state index contributed by atoms with van der Waals surface area (Å²) in [5.41, 5.74) is 0.895. The first-order valence-corrected chi connectivity index (χ1v) is 13.5. The molecular formula is C22H32N4O6S2. The Balaban J connectivity index is 2.01. The van der Waals surface area contributed by atoms with Gasteiger partial charge in [-0.25, -0.2) is 17.7 Å². The quantitative estimate of drug-likeness (QED) is 0.333. The van der Waals surface area contributed by atoms with Crippen LogP contribution in [0.1, 0.15) is 42.7 Å². The normalized spacial score (nSPS) is 14.3.